The van der Waals surface area contributed by atoms with Crippen molar-refractivity contribution in [2.45, 2.75) is 31.1 Å². The van der Waals surface area contributed by atoms with E-state index < -0.39 is 5.82 Å². The van der Waals surface area contributed by atoms with E-state index >= 15 is 0 Å². The second kappa shape index (κ2) is 6.58. The molecule has 2 aliphatic rings. The van der Waals surface area contributed by atoms with E-state index in [2.05, 4.69) is 6.58 Å². The fraction of sp³-hybridized carbons (Fsp3) is 0.471. The molecule has 2 fully saturated rings. The maximum Gasteiger partial charge on any atom is 0.257 e. The Morgan fingerprint density at radius 1 is 1.50 bits per heavy atom. The number of likely N-dealkylation sites (tertiary alicyclic amines) is 1. The van der Waals surface area contributed by atoms with Crippen LogP contribution < -0.4 is 0 Å². The summed E-state index contributed by atoms with van der Waals surface area (Å²) in [6, 6.07) is 6.04. The molecule has 0 N–H and O–H groups in total. The van der Waals surface area contributed by atoms with Crippen molar-refractivity contribution in [2.75, 3.05) is 19.8 Å². The van der Waals surface area contributed by atoms with Crippen molar-refractivity contribution >= 4 is 5.91 Å². The molecule has 2 saturated heterocycles. The molecule has 0 aliphatic carbocycles. The summed E-state index contributed by atoms with van der Waals surface area (Å²) in [7, 11) is 0. The van der Waals surface area contributed by atoms with Crippen molar-refractivity contribution in [3.05, 3.63) is 48.3 Å². The summed E-state index contributed by atoms with van der Waals surface area (Å²) >= 11 is 0. The first-order valence-corrected chi connectivity index (χ1v) is 7.62. The first kappa shape index (κ1) is 15.2. The van der Waals surface area contributed by atoms with E-state index in [4.69, 9.17) is 9.47 Å². The first-order chi connectivity index (χ1) is 10.7. The van der Waals surface area contributed by atoms with Gasteiger partial charge in [0.05, 0.1) is 24.8 Å². The fourth-order valence-electron chi connectivity index (χ4n) is 3.27. The zero-order valence-electron chi connectivity index (χ0n) is 12.4. The van der Waals surface area contributed by atoms with Crippen LogP contribution >= 0.6 is 0 Å². The van der Waals surface area contributed by atoms with Crippen LogP contribution in [0.3, 0.4) is 0 Å². The van der Waals surface area contributed by atoms with Gasteiger partial charge in [0.15, 0.2) is 0 Å². The molecule has 0 spiro atoms. The molecule has 0 unspecified atom stereocenters. The van der Waals surface area contributed by atoms with E-state index in [1.165, 1.54) is 12.1 Å². The molecule has 2 heterocycles. The average Bonchev–Trinajstić information content (AvgIpc) is 2.92. The summed E-state index contributed by atoms with van der Waals surface area (Å²) in [6.07, 6.45) is 3.12. The lowest BCUT2D eigenvalue weighted by molar-refractivity contribution is -0.0708. The van der Waals surface area contributed by atoms with Crippen molar-refractivity contribution in [3.8, 4) is 0 Å². The molecule has 0 bridgehead atoms. The van der Waals surface area contributed by atoms with Crippen LogP contribution in [-0.4, -0.2) is 48.8 Å². The molecule has 22 heavy (non-hydrogen) atoms. The summed E-state index contributed by atoms with van der Waals surface area (Å²) in [5.41, 5.74) is 0.108. The van der Waals surface area contributed by atoms with Gasteiger partial charge in [-0.2, -0.15) is 0 Å². The highest BCUT2D eigenvalue weighted by atomic mass is 19.1. The predicted molar refractivity (Wildman–Crippen MR) is 80.1 cm³/mol. The smallest absolute Gasteiger partial charge is 0.257 e. The molecule has 118 valence electrons. The molecule has 3 rings (SSSR count). The molecule has 4 nitrogen and oxygen atoms in total. The maximum atomic E-state index is 13.9. The Labute approximate surface area is 129 Å². The monoisotopic (exact) mass is 305 g/mol. The molecular weight excluding hydrogens is 285 g/mol. The normalized spacial score (nSPS) is 27.5. The van der Waals surface area contributed by atoms with Crippen molar-refractivity contribution in [2.24, 2.45) is 0 Å². The third kappa shape index (κ3) is 2.78. The van der Waals surface area contributed by atoms with Crippen molar-refractivity contribution < 1.29 is 18.7 Å². The van der Waals surface area contributed by atoms with E-state index in [0.29, 0.717) is 19.8 Å². The number of rotatable bonds is 4. The highest BCUT2D eigenvalue weighted by Crippen LogP contribution is 2.32. The van der Waals surface area contributed by atoms with Crippen molar-refractivity contribution in [3.63, 3.8) is 0 Å². The third-order valence-electron chi connectivity index (χ3n) is 4.27. The van der Waals surface area contributed by atoms with E-state index in [0.717, 1.165) is 12.8 Å². The summed E-state index contributed by atoms with van der Waals surface area (Å²) in [6.45, 7) is 5.16. The first-order valence-electron chi connectivity index (χ1n) is 7.62. The minimum absolute atomic E-state index is 0.0457. The Morgan fingerprint density at radius 2 is 2.32 bits per heavy atom. The number of nitrogens with zero attached hydrogens (tertiary/aromatic N) is 1. The average molecular weight is 305 g/mol. The van der Waals surface area contributed by atoms with Gasteiger partial charge in [-0.25, -0.2) is 4.39 Å². The minimum Gasteiger partial charge on any atom is -0.373 e. The molecule has 1 aromatic rings. The third-order valence-corrected chi connectivity index (χ3v) is 4.27. The summed E-state index contributed by atoms with van der Waals surface area (Å²) < 4.78 is 25.4. The van der Waals surface area contributed by atoms with Gasteiger partial charge in [0.2, 0.25) is 0 Å². The van der Waals surface area contributed by atoms with Crippen LogP contribution in [0.5, 0.6) is 0 Å². The van der Waals surface area contributed by atoms with Crippen LogP contribution in [0.1, 0.15) is 23.2 Å². The Hall–Kier alpha value is -1.72. The molecule has 2 aliphatic heterocycles. The predicted octanol–water partition coefficient (Wildman–Crippen LogP) is 2.40. The number of amides is 1. The van der Waals surface area contributed by atoms with E-state index in [1.807, 2.05) is 0 Å². The largest absolute Gasteiger partial charge is 0.373 e. The summed E-state index contributed by atoms with van der Waals surface area (Å²) in [4.78, 5) is 14.4. The lowest BCUT2D eigenvalue weighted by Crippen LogP contribution is -2.44. The number of fused-ring (bicyclic) bond motifs is 1. The van der Waals surface area contributed by atoms with Crippen molar-refractivity contribution in [1.82, 2.24) is 4.90 Å². The highest BCUT2D eigenvalue weighted by Gasteiger charge is 2.46. The van der Waals surface area contributed by atoms with Crippen LogP contribution in [0.25, 0.3) is 0 Å². The molecule has 1 amide bonds. The van der Waals surface area contributed by atoms with Gasteiger partial charge >= 0.3 is 0 Å². The Morgan fingerprint density at radius 3 is 3.09 bits per heavy atom. The number of hydrogen-bond donors (Lipinski definition) is 0. The Bertz CT molecular complexity index is 563. The van der Waals surface area contributed by atoms with E-state index in [9.17, 15) is 9.18 Å². The van der Waals surface area contributed by atoms with Gasteiger partial charge in [0.25, 0.3) is 5.91 Å². The molecule has 1 aromatic carbocycles. The zero-order chi connectivity index (χ0) is 15.5. The van der Waals surface area contributed by atoms with Crippen LogP contribution in [0, 0.1) is 5.82 Å². The number of benzene rings is 1. The quantitative estimate of drug-likeness (QED) is 0.802. The van der Waals surface area contributed by atoms with Gasteiger partial charge in [0.1, 0.15) is 18.0 Å². The van der Waals surface area contributed by atoms with Gasteiger partial charge in [-0.1, -0.05) is 18.2 Å². The van der Waals surface area contributed by atoms with Crippen molar-refractivity contribution in [1.29, 1.82) is 0 Å². The maximum absolute atomic E-state index is 13.9. The zero-order valence-corrected chi connectivity index (χ0v) is 12.4. The molecule has 0 saturated carbocycles. The van der Waals surface area contributed by atoms with Crippen LogP contribution in [0.15, 0.2) is 36.9 Å². The standard InChI is InChI=1S/C17H20FNO3/c1-2-9-21-15-11-19(14-8-5-10-22-16(14)15)17(20)12-6-3-4-7-13(12)18/h2-4,6-7,14-16H,1,5,8-11H2/t14-,15+,16+/m1/s1. The SMILES string of the molecule is C=CCO[C@H]1CN(C(=O)c2ccccc2F)[C@@H]2CCCO[C@H]12. The van der Waals surface area contributed by atoms with Crippen LogP contribution in [0.2, 0.25) is 0 Å². The van der Waals surface area contributed by atoms with E-state index in [-0.39, 0.29) is 29.7 Å². The van der Waals surface area contributed by atoms with Gasteiger partial charge < -0.3 is 14.4 Å². The molecule has 0 radical (unpaired) electrons. The number of ether oxygens (including phenoxy) is 2. The van der Waals surface area contributed by atoms with Gasteiger partial charge in [-0.15, -0.1) is 6.58 Å². The van der Waals surface area contributed by atoms with Gasteiger partial charge in [-0.3, -0.25) is 4.79 Å². The molecular formula is C17H20FNO3. The second-order valence-corrected chi connectivity index (χ2v) is 5.64. The Balaban J connectivity index is 1.82. The van der Waals surface area contributed by atoms with E-state index in [1.54, 1.807) is 23.1 Å². The van der Waals surface area contributed by atoms with Crippen LogP contribution in [-0.2, 0) is 9.47 Å². The second-order valence-electron chi connectivity index (χ2n) is 5.64. The molecule has 3 atom stereocenters. The highest BCUT2D eigenvalue weighted by molar-refractivity contribution is 5.95. The lowest BCUT2D eigenvalue weighted by Gasteiger charge is -2.32. The number of halogens is 1. The lowest BCUT2D eigenvalue weighted by atomic mass is 10.0. The number of carbonyl (C=O) groups is 1. The summed E-state index contributed by atoms with van der Waals surface area (Å²) in [5, 5.41) is 0. The fourth-order valence-corrected chi connectivity index (χ4v) is 3.27. The van der Waals surface area contributed by atoms with Crippen LogP contribution in [0.4, 0.5) is 4.39 Å². The van der Waals surface area contributed by atoms with Gasteiger partial charge in [-0.05, 0) is 25.0 Å². The van der Waals surface area contributed by atoms with Gasteiger partial charge in [0, 0.05) is 6.61 Å². The Kier molecular flexibility index (Phi) is 4.55. The number of hydrogen-bond acceptors (Lipinski definition) is 3. The topological polar surface area (TPSA) is 38.8 Å². The summed E-state index contributed by atoms with van der Waals surface area (Å²) in [5.74, 6) is -0.778. The molecule has 5 heteroatoms. The number of carbonyl (C=O) groups excluding carboxylic acids is 1. The molecule has 0 aromatic heterocycles. The minimum atomic E-state index is -0.490.